The van der Waals surface area contributed by atoms with E-state index in [1.807, 2.05) is 13.8 Å². The topological polar surface area (TPSA) is 137 Å². The van der Waals surface area contributed by atoms with Crippen molar-refractivity contribution in [1.29, 1.82) is 0 Å². The molecule has 0 fully saturated rings. The molecule has 0 bridgehead atoms. The molecule has 2 aliphatic heterocycles. The van der Waals surface area contributed by atoms with Crippen LogP contribution in [-0.4, -0.2) is 39.1 Å². The molecule has 0 unspecified atom stereocenters. The summed E-state index contributed by atoms with van der Waals surface area (Å²) in [6.07, 6.45) is 1.35. The summed E-state index contributed by atoms with van der Waals surface area (Å²) < 4.78 is 21.8. The predicted molar refractivity (Wildman–Crippen MR) is 146 cm³/mol. The number of rotatable bonds is 5. The van der Waals surface area contributed by atoms with E-state index in [0.29, 0.717) is 41.9 Å². The fourth-order valence-corrected chi connectivity index (χ4v) is 6.50. The number of pyridine rings is 2. The average molecular weight is 549 g/mol. The van der Waals surface area contributed by atoms with Crippen molar-refractivity contribution in [1.82, 2.24) is 14.9 Å². The molecule has 0 saturated heterocycles. The van der Waals surface area contributed by atoms with Crippen LogP contribution in [0.3, 0.4) is 0 Å². The van der Waals surface area contributed by atoms with Gasteiger partial charge in [0.1, 0.15) is 12.4 Å². The molecule has 3 atom stereocenters. The van der Waals surface area contributed by atoms with Gasteiger partial charge in [0.15, 0.2) is 5.60 Å². The summed E-state index contributed by atoms with van der Waals surface area (Å²) in [5.74, 6) is -1.48. The van der Waals surface area contributed by atoms with Gasteiger partial charge in [0.05, 0.1) is 35.1 Å². The summed E-state index contributed by atoms with van der Waals surface area (Å²) >= 11 is 0. The Morgan fingerprint density at radius 1 is 1.30 bits per heavy atom. The van der Waals surface area contributed by atoms with Crippen molar-refractivity contribution < 1.29 is 23.8 Å². The van der Waals surface area contributed by atoms with Crippen LogP contribution in [0.15, 0.2) is 16.9 Å². The fraction of sp³-hybridized carbons (Fsp3) is 0.467. The number of nitrogens with two attached hydrogens (primary N) is 1. The number of carbonyl (C=O) groups is 2. The van der Waals surface area contributed by atoms with Gasteiger partial charge in [-0.15, -0.1) is 0 Å². The molecule has 1 aromatic carbocycles. The number of nitrogens with zero attached hydrogens (tertiary/aromatic N) is 2. The zero-order valence-electron chi connectivity index (χ0n) is 23.1. The summed E-state index contributed by atoms with van der Waals surface area (Å²) in [5, 5.41) is 15.1. The number of carbonyl (C=O) groups excluding carboxylic acids is 2. The van der Waals surface area contributed by atoms with Gasteiger partial charge in [0.25, 0.3) is 5.56 Å². The number of aliphatic hydroxyl groups is 1. The number of amides is 1. The summed E-state index contributed by atoms with van der Waals surface area (Å²) in [7, 11) is 0. The molecule has 4 N–H and O–H groups in total. The zero-order chi connectivity index (χ0) is 28.7. The number of nitrogens with one attached hydrogen (secondary N) is 1. The Labute approximate surface area is 230 Å². The van der Waals surface area contributed by atoms with Crippen molar-refractivity contribution in [3.05, 3.63) is 61.7 Å². The Morgan fingerprint density at radius 3 is 2.75 bits per heavy atom. The molecule has 2 aromatic heterocycles. The van der Waals surface area contributed by atoms with E-state index in [2.05, 4.69) is 5.32 Å². The first kappa shape index (κ1) is 26.6. The highest BCUT2D eigenvalue weighted by molar-refractivity contribution is 5.93. The lowest BCUT2D eigenvalue weighted by atomic mass is 9.78. The minimum absolute atomic E-state index is 0.0142. The first-order valence-corrected chi connectivity index (χ1v) is 13.8. The number of fused-ring (bicyclic) bond motifs is 5. The van der Waals surface area contributed by atoms with Gasteiger partial charge in [-0.05, 0) is 54.9 Å². The first-order chi connectivity index (χ1) is 19.0. The second-order valence-electron chi connectivity index (χ2n) is 11.6. The molecule has 0 spiro atoms. The molecule has 6 rings (SSSR count). The lowest BCUT2D eigenvalue weighted by molar-refractivity contribution is -0.172. The van der Waals surface area contributed by atoms with Crippen molar-refractivity contribution in [2.24, 2.45) is 11.7 Å². The van der Waals surface area contributed by atoms with Crippen LogP contribution in [0.4, 0.5) is 4.39 Å². The van der Waals surface area contributed by atoms with Gasteiger partial charge in [-0.2, -0.15) is 0 Å². The molecule has 1 aliphatic carbocycles. The fourth-order valence-electron chi connectivity index (χ4n) is 6.50. The summed E-state index contributed by atoms with van der Waals surface area (Å²) in [6.45, 7) is 7.57. The molecule has 3 aromatic rings. The molecule has 1 amide bonds. The molecule has 4 heterocycles. The zero-order valence-corrected chi connectivity index (χ0v) is 23.1. The monoisotopic (exact) mass is 548 g/mol. The summed E-state index contributed by atoms with van der Waals surface area (Å²) in [6, 6.07) is 2.45. The highest BCUT2D eigenvalue weighted by atomic mass is 19.1. The van der Waals surface area contributed by atoms with Crippen molar-refractivity contribution in [3.8, 4) is 11.4 Å². The van der Waals surface area contributed by atoms with Crippen molar-refractivity contribution in [2.75, 3.05) is 6.54 Å². The Morgan fingerprint density at radius 2 is 2.05 bits per heavy atom. The van der Waals surface area contributed by atoms with Crippen molar-refractivity contribution >= 4 is 22.8 Å². The summed E-state index contributed by atoms with van der Waals surface area (Å²) in [5.41, 5.74) is 8.97. The third-order valence-corrected chi connectivity index (χ3v) is 9.04. The molecule has 40 heavy (non-hydrogen) atoms. The standard InChI is InChI=1S/C30H33FN4O5/c1-5-30(39)19-8-22-26-17(11-35(22)28(37)18(19)12-40-29(30)38)23-15(10-33-27(36)25(32)13(2)3)6-7-16-14(4)20(31)9-21(34-26)24(16)23/h8-9,13,15,25,39H,5-7,10-12,32H2,1-4H3,(H,33,36)/t15-,25+,30+/m1/s1. The van der Waals surface area contributed by atoms with Gasteiger partial charge in [0.2, 0.25) is 5.91 Å². The largest absolute Gasteiger partial charge is 0.458 e. The van der Waals surface area contributed by atoms with Gasteiger partial charge in [-0.1, -0.05) is 20.8 Å². The lowest BCUT2D eigenvalue weighted by Gasteiger charge is -2.31. The third-order valence-electron chi connectivity index (χ3n) is 9.04. The number of aryl methyl sites for hydroxylation is 1. The molecular formula is C30H33FN4O5. The van der Waals surface area contributed by atoms with Crippen LogP contribution in [-0.2, 0) is 39.5 Å². The van der Waals surface area contributed by atoms with Crippen molar-refractivity contribution in [3.63, 3.8) is 0 Å². The molecule has 9 nitrogen and oxygen atoms in total. The lowest BCUT2D eigenvalue weighted by Crippen LogP contribution is -2.45. The molecule has 0 saturated carbocycles. The van der Waals surface area contributed by atoms with Gasteiger partial charge < -0.3 is 25.5 Å². The minimum atomic E-state index is -1.94. The van der Waals surface area contributed by atoms with Crippen LogP contribution < -0.4 is 16.6 Å². The van der Waals surface area contributed by atoms with Crippen LogP contribution in [0.5, 0.6) is 0 Å². The van der Waals surface area contributed by atoms with Gasteiger partial charge in [-0.25, -0.2) is 14.2 Å². The molecular weight excluding hydrogens is 515 g/mol. The Hall–Kier alpha value is -3.63. The number of halogens is 1. The smallest absolute Gasteiger partial charge is 0.343 e. The maximum Gasteiger partial charge on any atom is 0.343 e. The van der Waals surface area contributed by atoms with Crippen LogP contribution in [0, 0.1) is 18.7 Å². The number of hydrogen-bond acceptors (Lipinski definition) is 7. The van der Waals surface area contributed by atoms with E-state index in [1.165, 1.54) is 6.07 Å². The van der Waals surface area contributed by atoms with Crippen LogP contribution in [0.2, 0.25) is 0 Å². The molecule has 3 aliphatic rings. The number of benzene rings is 1. The average Bonchev–Trinajstić information content (AvgIpc) is 3.31. The quantitative estimate of drug-likeness (QED) is 0.326. The minimum Gasteiger partial charge on any atom is -0.458 e. The summed E-state index contributed by atoms with van der Waals surface area (Å²) in [4.78, 5) is 43.8. The van der Waals surface area contributed by atoms with Gasteiger partial charge in [0, 0.05) is 35.0 Å². The Bertz CT molecular complexity index is 1680. The molecule has 0 radical (unpaired) electrons. The van der Waals surface area contributed by atoms with Crippen molar-refractivity contribution in [2.45, 2.75) is 77.7 Å². The van der Waals surface area contributed by atoms with Crippen LogP contribution in [0.1, 0.15) is 72.9 Å². The van der Waals surface area contributed by atoms with Gasteiger partial charge >= 0.3 is 5.97 Å². The predicted octanol–water partition coefficient (Wildman–Crippen LogP) is 2.66. The highest BCUT2D eigenvalue weighted by Crippen LogP contribution is 2.46. The van der Waals surface area contributed by atoms with Gasteiger partial charge in [-0.3, -0.25) is 9.59 Å². The first-order valence-electron chi connectivity index (χ1n) is 13.8. The number of hydrogen-bond donors (Lipinski definition) is 3. The van der Waals surface area contributed by atoms with E-state index < -0.39 is 17.6 Å². The van der Waals surface area contributed by atoms with E-state index in [9.17, 15) is 19.5 Å². The third kappa shape index (κ3) is 3.65. The number of cyclic esters (lactones) is 1. The molecule has 210 valence electrons. The molecule has 10 heteroatoms. The Balaban J connectivity index is 1.55. The number of esters is 1. The van der Waals surface area contributed by atoms with E-state index in [1.54, 1.807) is 24.5 Å². The number of aromatic nitrogens is 2. The second kappa shape index (κ2) is 9.21. The van der Waals surface area contributed by atoms with E-state index in [-0.39, 0.29) is 59.8 Å². The SMILES string of the molecule is CC[C@@]1(O)C(=O)OCc2c1cc1n(c2=O)Cc2c-1nc1cc(F)c(C)c3c1c2[C@@H](CNC(=O)[C@@H](N)C(C)C)CC3. The maximum atomic E-state index is 15.0. The van der Waals surface area contributed by atoms with E-state index in [0.717, 1.165) is 22.1 Å². The number of ether oxygens (including phenoxy) is 1. The maximum absolute atomic E-state index is 15.0. The van der Waals surface area contributed by atoms with E-state index >= 15 is 4.39 Å². The Kier molecular flexibility index (Phi) is 6.12. The van der Waals surface area contributed by atoms with Crippen LogP contribution in [0.25, 0.3) is 22.3 Å². The second-order valence-corrected chi connectivity index (χ2v) is 11.6. The van der Waals surface area contributed by atoms with Crippen LogP contribution >= 0.6 is 0 Å². The highest BCUT2D eigenvalue weighted by Gasteiger charge is 2.46. The van der Waals surface area contributed by atoms with E-state index in [4.69, 9.17) is 15.5 Å². The normalized spacial score (nSPS) is 21.6.